The molecule has 2 heterocycles. The summed E-state index contributed by atoms with van der Waals surface area (Å²) in [7, 11) is 1.42. The van der Waals surface area contributed by atoms with Crippen molar-refractivity contribution in [3.8, 4) is 0 Å². The van der Waals surface area contributed by atoms with Crippen molar-refractivity contribution >= 4 is 37.4 Å². The van der Waals surface area contributed by atoms with Crippen molar-refractivity contribution in [2.24, 2.45) is 5.92 Å². The first kappa shape index (κ1) is 15.4. The summed E-state index contributed by atoms with van der Waals surface area (Å²) in [6.45, 7) is 0.436. The number of imide groups is 1. The molecule has 4 aliphatic rings. The fraction of sp³-hybridized carbons (Fsp3) is 0.800. The average Bonchev–Trinajstić information content (AvgIpc) is 2.93. The van der Waals surface area contributed by atoms with Gasteiger partial charge in [0.15, 0.2) is 0 Å². The number of hydrogen-bond donors (Lipinski definition) is 1. The van der Waals surface area contributed by atoms with Crippen LogP contribution in [0.25, 0.3) is 0 Å². The molecule has 3 fully saturated rings. The van der Waals surface area contributed by atoms with Gasteiger partial charge in [0.1, 0.15) is 0 Å². The molecule has 3 atom stereocenters. The third-order valence-electron chi connectivity index (χ3n) is 5.59. The fourth-order valence-electron chi connectivity index (χ4n) is 4.22. The third-order valence-corrected chi connectivity index (χ3v) is 6.50. The van der Waals surface area contributed by atoms with Crippen molar-refractivity contribution in [3.63, 3.8) is 0 Å². The van der Waals surface area contributed by atoms with E-state index >= 15 is 0 Å². The normalized spacial score (nSPS) is 39.4. The van der Waals surface area contributed by atoms with Crippen LogP contribution in [0.2, 0.25) is 0 Å². The number of fused-ring (bicyclic) bond motifs is 1. The van der Waals surface area contributed by atoms with E-state index in [0.717, 1.165) is 30.7 Å². The van der Waals surface area contributed by atoms with Crippen molar-refractivity contribution in [2.75, 3.05) is 6.61 Å². The summed E-state index contributed by atoms with van der Waals surface area (Å²) in [5, 5.41) is 0.774. The molecule has 23 heavy (non-hydrogen) atoms. The van der Waals surface area contributed by atoms with Crippen LogP contribution < -0.4 is 0 Å². The summed E-state index contributed by atoms with van der Waals surface area (Å²) in [6, 6.07) is 0. The van der Waals surface area contributed by atoms with E-state index in [0.29, 0.717) is 6.61 Å². The summed E-state index contributed by atoms with van der Waals surface area (Å²) >= 11 is 4.92. The number of carbonyl (C=O) groups is 2. The fourth-order valence-corrected chi connectivity index (χ4v) is 4.91. The van der Waals surface area contributed by atoms with E-state index in [9.17, 15) is 9.59 Å². The number of hydrogen-bond acceptors (Lipinski definition) is 6. The molecule has 0 aromatic carbocycles. The van der Waals surface area contributed by atoms with Crippen molar-refractivity contribution in [2.45, 2.75) is 61.7 Å². The molecule has 1 saturated heterocycles. The molecule has 0 aromatic rings. The van der Waals surface area contributed by atoms with Gasteiger partial charge in [-0.2, -0.15) is 0 Å². The molecule has 6 nitrogen and oxygen atoms in total. The minimum atomic E-state index is -0.346. The van der Waals surface area contributed by atoms with Crippen LogP contribution in [-0.2, 0) is 23.8 Å². The molecule has 2 saturated carbocycles. The summed E-state index contributed by atoms with van der Waals surface area (Å²) < 4.78 is 11.6. The van der Waals surface area contributed by atoms with Crippen LogP contribution in [0.15, 0.2) is 0 Å². The minimum absolute atomic E-state index is 0.0768. The molecule has 2 aliphatic heterocycles. The molecule has 0 radical (unpaired) electrons. The number of amides is 2. The summed E-state index contributed by atoms with van der Waals surface area (Å²) in [4.78, 5) is 28.6. The number of nitrogens with zero attached hydrogens (tertiary/aromatic N) is 1. The van der Waals surface area contributed by atoms with E-state index in [4.69, 9.17) is 26.9 Å². The maximum absolute atomic E-state index is 11.6. The molecule has 0 N–H and O–H groups in total. The van der Waals surface area contributed by atoms with Crippen LogP contribution in [-0.4, -0.2) is 46.8 Å². The molecule has 1 spiro atoms. The van der Waals surface area contributed by atoms with Crippen LogP contribution in [0.4, 0.5) is 0 Å². The topological polar surface area (TPSA) is 65.1 Å². The van der Waals surface area contributed by atoms with Gasteiger partial charge in [0.2, 0.25) is 0 Å². The van der Waals surface area contributed by atoms with E-state index < -0.39 is 0 Å². The molecular weight excluding hydrogens is 317 g/mol. The zero-order valence-electron chi connectivity index (χ0n) is 13.0. The summed E-state index contributed by atoms with van der Waals surface area (Å²) in [6.07, 6.45) is 7.08. The molecule has 124 valence electrons. The second-order valence-electron chi connectivity index (χ2n) is 6.82. The first-order chi connectivity index (χ1) is 11.1. The quantitative estimate of drug-likeness (QED) is 0.466. The molecule has 2 amide bonds. The molecular formula is C15H20BNO5S. The zero-order chi connectivity index (χ0) is 16.1. The standard InChI is InChI=1S/C15H20BNO5S/c18-11-5-6-12(19)17(11)21-13-16-22-14-7-3-1-2-4-8-15(14,23)10(14)9-20-13/h10,23H,1-9H2/t10-,14?,15?/m1/s1. The van der Waals surface area contributed by atoms with Gasteiger partial charge >= 0.3 is 141 Å². The first-order valence-corrected chi connectivity index (χ1v) is 8.78. The van der Waals surface area contributed by atoms with Crippen molar-refractivity contribution in [1.29, 1.82) is 0 Å². The molecule has 0 aromatic heterocycles. The van der Waals surface area contributed by atoms with Gasteiger partial charge in [-0.25, -0.2) is 0 Å². The number of carbonyl (C=O) groups excluding carboxylic acids is 2. The van der Waals surface area contributed by atoms with E-state index in [1.807, 2.05) is 0 Å². The second kappa shape index (κ2) is 5.43. The summed E-state index contributed by atoms with van der Waals surface area (Å²) in [5.74, 6) is -0.408. The van der Waals surface area contributed by atoms with Gasteiger partial charge in [-0.05, 0) is 0 Å². The third kappa shape index (κ3) is 2.29. The predicted octanol–water partition coefficient (Wildman–Crippen LogP) is 1.21. The van der Waals surface area contributed by atoms with Crippen LogP contribution >= 0.6 is 12.6 Å². The SMILES string of the molecule is O=C1CCC(=O)N1OC1=BOC23CCCCCCC2(S)[C@@H]3CO1. The van der Waals surface area contributed by atoms with Crippen molar-refractivity contribution in [1.82, 2.24) is 5.06 Å². The van der Waals surface area contributed by atoms with Gasteiger partial charge < -0.3 is 0 Å². The van der Waals surface area contributed by atoms with E-state index in [1.54, 1.807) is 0 Å². The maximum atomic E-state index is 11.6. The van der Waals surface area contributed by atoms with Gasteiger partial charge in [0.05, 0.1) is 0 Å². The number of rotatable bonds is 2. The van der Waals surface area contributed by atoms with Crippen LogP contribution in [0, 0.1) is 5.92 Å². The zero-order valence-corrected chi connectivity index (χ0v) is 13.8. The van der Waals surface area contributed by atoms with E-state index in [-0.39, 0.29) is 46.8 Å². The van der Waals surface area contributed by atoms with Gasteiger partial charge in [-0.1, -0.05) is 0 Å². The Labute approximate surface area is 141 Å². The van der Waals surface area contributed by atoms with Gasteiger partial charge in [-0.15, -0.1) is 0 Å². The Hall–Kier alpha value is -1.18. The molecule has 4 rings (SSSR count). The van der Waals surface area contributed by atoms with Crippen LogP contribution in [0.3, 0.4) is 0 Å². The molecule has 0 bridgehead atoms. The van der Waals surface area contributed by atoms with Crippen molar-refractivity contribution in [3.05, 3.63) is 0 Å². The Kier molecular flexibility index (Phi) is 3.63. The van der Waals surface area contributed by atoms with Gasteiger partial charge in [0, 0.05) is 0 Å². The van der Waals surface area contributed by atoms with Crippen molar-refractivity contribution < 1.29 is 23.8 Å². The number of hydroxylamine groups is 2. The first-order valence-electron chi connectivity index (χ1n) is 8.34. The molecule has 2 aliphatic carbocycles. The number of thiol groups is 1. The Morgan fingerprint density at radius 1 is 1.13 bits per heavy atom. The van der Waals surface area contributed by atoms with Crippen LogP contribution in [0.1, 0.15) is 51.4 Å². The van der Waals surface area contributed by atoms with Gasteiger partial charge in [-0.3, -0.25) is 0 Å². The predicted molar refractivity (Wildman–Crippen MR) is 85.6 cm³/mol. The Morgan fingerprint density at radius 2 is 1.83 bits per heavy atom. The van der Waals surface area contributed by atoms with Gasteiger partial charge in [0.25, 0.3) is 0 Å². The molecule has 8 heteroatoms. The van der Waals surface area contributed by atoms with E-state index in [2.05, 4.69) is 0 Å². The van der Waals surface area contributed by atoms with Crippen LogP contribution in [0.5, 0.6) is 0 Å². The Bertz CT molecular complexity index is 568. The second-order valence-corrected chi connectivity index (χ2v) is 7.62. The average molecular weight is 337 g/mol. The van der Waals surface area contributed by atoms with E-state index in [1.165, 1.54) is 20.0 Å². The Morgan fingerprint density at radius 3 is 2.57 bits per heavy atom. The summed E-state index contributed by atoms with van der Waals surface area (Å²) in [5.41, 5.74) is -0.305. The Balaban J connectivity index is 1.49. The monoisotopic (exact) mass is 337 g/mol. The number of ether oxygens (including phenoxy) is 1. The molecule has 2 unspecified atom stereocenters.